The fraction of sp³-hybridized carbons (Fsp3) is 0.278. The van der Waals surface area contributed by atoms with Crippen molar-refractivity contribution in [1.82, 2.24) is 15.2 Å². The van der Waals surface area contributed by atoms with E-state index in [1.807, 2.05) is 24.3 Å². The van der Waals surface area contributed by atoms with Gasteiger partial charge in [-0.2, -0.15) is 0 Å². The average Bonchev–Trinajstić information content (AvgIpc) is 3.16. The lowest BCUT2D eigenvalue weighted by Crippen LogP contribution is -2.47. The summed E-state index contributed by atoms with van der Waals surface area (Å²) in [5.41, 5.74) is 1.49. The van der Waals surface area contributed by atoms with E-state index in [-0.39, 0.29) is 11.8 Å². The lowest BCUT2D eigenvalue weighted by atomic mass is 10.1. The Morgan fingerprint density at radius 1 is 1.32 bits per heavy atom. The lowest BCUT2D eigenvalue weighted by Gasteiger charge is -2.23. The van der Waals surface area contributed by atoms with E-state index in [0.29, 0.717) is 29.6 Å². The summed E-state index contributed by atoms with van der Waals surface area (Å²) in [5, 5.41) is 2.90. The molecule has 1 atom stereocenters. The molecule has 0 radical (unpaired) electrons. The molecule has 0 spiro atoms. The Hall–Kier alpha value is -2.54. The molecule has 1 aromatic carbocycles. The third-order valence-corrected chi connectivity index (χ3v) is 4.95. The predicted molar refractivity (Wildman–Crippen MR) is 96.4 cm³/mol. The maximum absolute atomic E-state index is 12.6. The highest BCUT2D eigenvalue weighted by Crippen LogP contribution is 2.23. The third kappa shape index (κ3) is 4.11. The second kappa shape index (κ2) is 8.02. The second-order valence-electron chi connectivity index (χ2n) is 5.58. The first-order valence-corrected chi connectivity index (χ1v) is 9.05. The SMILES string of the molecule is COc1cc(CNC(=O)C2CSCN2C(=O)c2ccccc2)ccn1. The minimum absolute atomic E-state index is 0.115. The van der Waals surface area contributed by atoms with Gasteiger partial charge in [0.2, 0.25) is 11.8 Å². The molecule has 1 unspecified atom stereocenters. The second-order valence-corrected chi connectivity index (χ2v) is 6.58. The Balaban J connectivity index is 1.63. The molecule has 2 heterocycles. The summed E-state index contributed by atoms with van der Waals surface area (Å²) in [6.45, 7) is 0.367. The van der Waals surface area contributed by atoms with Gasteiger partial charge in [0.15, 0.2) is 0 Å². The van der Waals surface area contributed by atoms with Crippen LogP contribution < -0.4 is 10.1 Å². The molecule has 130 valence electrons. The summed E-state index contributed by atoms with van der Waals surface area (Å²) in [6.07, 6.45) is 1.64. The molecule has 0 bridgehead atoms. The van der Waals surface area contributed by atoms with Crippen molar-refractivity contribution in [2.75, 3.05) is 18.7 Å². The Kier molecular flexibility index (Phi) is 5.55. The van der Waals surface area contributed by atoms with Gasteiger partial charge in [-0.3, -0.25) is 9.59 Å². The lowest BCUT2D eigenvalue weighted by molar-refractivity contribution is -0.124. The van der Waals surface area contributed by atoms with Crippen molar-refractivity contribution in [3.05, 3.63) is 59.8 Å². The number of carbonyl (C=O) groups is 2. The molecule has 1 saturated heterocycles. The summed E-state index contributed by atoms with van der Waals surface area (Å²) in [5.74, 6) is 1.37. The van der Waals surface area contributed by atoms with Crippen molar-refractivity contribution in [3.8, 4) is 5.88 Å². The zero-order valence-electron chi connectivity index (χ0n) is 13.8. The minimum Gasteiger partial charge on any atom is -0.481 e. The van der Waals surface area contributed by atoms with Crippen molar-refractivity contribution < 1.29 is 14.3 Å². The highest BCUT2D eigenvalue weighted by Gasteiger charge is 2.34. The molecule has 1 N–H and O–H groups in total. The maximum atomic E-state index is 12.6. The van der Waals surface area contributed by atoms with E-state index in [0.717, 1.165) is 5.56 Å². The minimum atomic E-state index is -0.457. The first-order chi connectivity index (χ1) is 12.2. The predicted octanol–water partition coefficient (Wildman–Crippen LogP) is 1.92. The number of hydrogen-bond donors (Lipinski definition) is 1. The zero-order valence-corrected chi connectivity index (χ0v) is 14.7. The number of nitrogens with one attached hydrogen (secondary N) is 1. The van der Waals surface area contributed by atoms with Gasteiger partial charge in [0.05, 0.1) is 13.0 Å². The van der Waals surface area contributed by atoms with Gasteiger partial charge < -0.3 is 15.0 Å². The first-order valence-electron chi connectivity index (χ1n) is 7.89. The summed E-state index contributed by atoms with van der Waals surface area (Å²) in [6, 6.07) is 12.2. The van der Waals surface area contributed by atoms with Crippen molar-refractivity contribution in [3.63, 3.8) is 0 Å². The monoisotopic (exact) mass is 357 g/mol. The van der Waals surface area contributed by atoms with Crippen molar-refractivity contribution in [1.29, 1.82) is 0 Å². The van der Waals surface area contributed by atoms with E-state index >= 15 is 0 Å². The summed E-state index contributed by atoms with van der Waals surface area (Å²) in [7, 11) is 1.55. The van der Waals surface area contributed by atoms with Crippen molar-refractivity contribution in [2.24, 2.45) is 0 Å². The number of carbonyl (C=O) groups excluding carboxylic acids is 2. The van der Waals surface area contributed by atoms with Crippen molar-refractivity contribution >= 4 is 23.6 Å². The van der Waals surface area contributed by atoms with Gasteiger partial charge in [-0.1, -0.05) is 18.2 Å². The number of methoxy groups -OCH3 is 1. The molecule has 1 aliphatic heterocycles. The molecule has 0 aliphatic carbocycles. The van der Waals surface area contributed by atoms with Crippen LogP contribution >= 0.6 is 11.8 Å². The highest BCUT2D eigenvalue weighted by atomic mass is 32.2. The number of nitrogens with zero attached hydrogens (tertiary/aromatic N) is 2. The maximum Gasteiger partial charge on any atom is 0.255 e. The van der Waals surface area contributed by atoms with Crippen LogP contribution in [0.5, 0.6) is 5.88 Å². The molecule has 0 saturated carbocycles. The van der Waals surface area contributed by atoms with E-state index in [1.54, 1.807) is 48.2 Å². The average molecular weight is 357 g/mol. The van der Waals surface area contributed by atoms with Gasteiger partial charge in [0.25, 0.3) is 5.91 Å². The number of pyridine rings is 1. The number of ether oxygens (including phenoxy) is 1. The van der Waals surface area contributed by atoms with E-state index in [1.165, 1.54) is 0 Å². The number of rotatable bonds is 5. The molecule has 1 fully saturated rings. The smallest absolute Gasteiger partial charge is 0.255 e. The van der Waals surface area contributed by atoms with Crippen molar-refractivity contribution in [2.45, 2.75) is 12.6 Å². The van der Waals surface area contributed by atoms with Gasteiger partial charge in [0.1, 0.15) is 6.04 Å². The van der Waals surface area contributed by atoms with Crippen LogP contribution in [0, 0.1) is 0 Å². The van der Waals surface area contributed by atoms with Gasteiger partial charge in [-0.15, -0.1) is 11.8 Å². The van der Waals surface area contributed by atoms with E-state index in [4.69, 9.17) is 4.74 Å². The van der Waals surface area contributed by atoms with Gasteiger partial charge in [0, 0.05) is 30.1 Å². The highest BCUT2D eigenvalue weighted by molar-refractivity contribution is 7.99. The number of thioether (sulfide) groups is 1. The molecule has 6 nitrogen and oxygen atoms in total. The van der Waals surface area contributed by atoms with Crippen LogP contribution in [0.4, 0.5) is 0 Å². The van der Waals surface area contributed by atoms with E-state index in [2.05, 4.69) is 10.3 Å². The number of amides is 2. The van der Waals surface area contributed by atoms with E-state index < -0.39 is 6.04 Å². The Morgan fingerprint density at radius 3 is 2.88 bits per heavy atom. The van der Waals surface area contributed by atoms with Crippen LogP contribution in [0.3, 0.4) is 0 Å². The molecule has 2 amide bonds. The largest absolute Gasteiger partial charge is 0.481 e. The summed E-state index contributed by atoms with van der Waals surface area (Å²) < 4.78 is 5.08. The zero-order chi connectivity index (χ0) is 17.6. The number of aromatic nitrogens is 1. The number of benzene rings is 1. The summed E-state index contributed by atoms with van der Waals surface area (Å²) >= 11 is 1.58. The molecule has 3 rings (SSSR count). The molecular weight excluding hydrogens is 338 g/mol. The Morgan fingerprint density at radius 2 is 2.12 bits per heavy atom. The molecular formula is C18H19N3O3S. The molecule has 7 heteroatoms. The number of hydrogen-bond acceptors (Lipinski definition) is 5. The fourth-order valence-corrected chi connectivity index (χ4v) is 3.74. The first kappa shape index (κ1) is 17.3. The normalized spacial score (nSPS) is 16.5. The van der Waals surface area contributed by atoms with Crippen LogP contribution in [0.1, 0.15) is 15.9 Å². The Bertz CT molecular complexity index is 754. The Labute approximate surface area is 150 Å². The fourth-order valence-electron chi connectivity index (χ4n) is 2.59. The third-order valence-electron chi connectivity index (χ3n) is 3.94. The van der Waals surface area contributed by atoms with Crippen LogP contribution in [-0.2, 0) is 11.3 Å². The van der Waals surface area contributed by atoms with E-state index in [9.17, 15) is 9.59 Å². The van der Waals surface area contributed by atoms with Crippen LogP contribution in [0.15, 0.2) is 48.7 Å². The summed E-state index contributed by atoms with van der Waals surface area (Å²) in [4.78, 5) is 30.8. The van der Waals surface area contributed by atoms with Crippen LogP contribution in [0.2, 0.25) is 0 Å². The standard InChI is InChI=1S/C18H19N3O3S/c1-24-16-9-13(7-8-19-16)10-20-17(22)15-11-25-12-21(15)18(23)14-5-3-2-4-6-14/h2-9,15H,10-12H2,1H3,(H,20,22). The molecule has 1 aromatic heterocycles. The molecule has 2 aromatic rings. The van der Waals surface area contributed by atoms with Gasteiger partial charge in [-0.05, 0) is 23.8 Å². The van der Waals surface area contributed by atoms with Gasteiger partial charge >= 0.3 is 0 Å². The molecule has 25 heavy (non-hydrogen) atoms. The molecule has 1 aliphatic rings. The van der Waals surface area contributed by atoms with Gasteiger partial charge in [-0.25, -0.2) is 4.98 Å². The topological polar surface area (TPSA) is 71.5 Å². The van der Waals surface area contributed by atoms with Crippen LogP contribution in [0.25, 0.3) is 0 Å². The quantitative estimate of drug-likeness (QED) is 0.885. The van der Waals surface area contributed by atoms with Crippen LogP contribution in [-0.4, -0.2) is 46.5 Å².